The van der Waals surface area contributed by atoms with E-state index in [1.807, 2.05) is 19.1 Å². The summed E-state index contributed by atoms with van der Waals surface area (Å²) < 4.78 is 0. The predicted octanol–water partition coefficient (Wildman–Crippen LogP) is 4.10. The van der Waals surface area contributed by atoms with Crippen molar-refractivity contribution >= 4 is 11.6 Å². The second-order valence-electron chi connectivity index (χ2n) is 4.28. The molecule has 0 bridgehead atoms. The third kappa shape index (κ3) is 3.74. The molecule has 0 aliphatic rings. The molecule has 0 spiro atoms. The number of carbonyl (C=O) groups is 1. The SMILES string of the molecule is CC=C(C)C(C)c1ccc(NC(=O)CC)cc1. The summed E-state index contributed by atoms with van der Waals surface area (Å²) >= 11 is 0. The summed E-state index contributed by atoms with van der Waals surface area (Å²) in [7, 11) is 0. The van der Waals surface area contributed by atoms with Crippen molar-refractivity contribution in [1.29, 1.82) is 0 Å². The highest BCUT2D eigenvalue weighted by molar-refractivity contribution is 5.90. The normalized spacial score (nSPS) is 13.3. The second kappa shape index (κ2) is 6.24. The molecular formula is C15H21NO. The first-order valence-corrected chi connectivity index (χ1v) is 6.11. The van der Waals surface area contributed by atoms with E-state index >= 15 is 0 Å². The Morgan fingerprint density at radius 3 is 2.41 bits per heavy atom. The van der Waals surface area contributed by atoms with Gasteiger partial charge >= 0.3 is 0 Å². The summed E-state index contributed by atoms with van der Waals surface area (Å²) in [6.07, 6.45) is 2.65. The highest BCUT2D eigenvalue weighted by Gasteiger charge is 2.06. The first kappa shape index (κ1) is 13.5. The van der Waals surface area contributed by atoms with Gasteiger partial charge < -0.3 is 5.32 Å². The number of hydrogen-bond acceptors (Lipinski definition) is 1. The number of anilines is 1. The van der Waals surface area contributed by atoms with Gasteiger partial charge in [-0.3, -0.25) is 4.79 Å². The Balaban J connectivity index is 2.77. The van der Waals surface area contributed by atoms with Crippen LogP contribution in [0.4, 0.5) is 5.69 Å². The van der Waals surface area contributed by atoms with E-state index in [1.165, 1.54) is 11.1 Å². The Morgan fingerprint density at radius 1 is 1.35 bits per heavy atom. The molecule has 2 nitrogen and oxygen atoms in total. The highest BCUT2D eigenvalue weighted by atomic mass is 16.1. The first-order valence-electron chi connectivity index (χ1n) is 6.11. The molecule has 1 rings (SSSR count). The van der Waals surface area contributed by atoms with Crippen LogP contribution in [0.3, 0.4) is 0 Å². The molecule has 92 valence electrons. The minimum atomic E-state index is 0.0513. The van der Waals surface area contributed by atoms with Gasteiger partial charge in [0, 0.05) is 18.0 Å². The molecule has 0 radical (unpaired) electrons. The molecule has 0 saturated heterocycles. The zero-order chi connectivity index (χ0) is 12.8. The maximum atomic E-state index is 11.2. The second-order valence-corrected chi connectivity index (χ2v) is 4.28. The van der Waals surface area contributed by atoms with Gasteiger partial charge in [-0.2, -0.15) is 0 Å². The minimum absolute atomic E-state index is 0.0513. The Kier molecular flexibility index (Phi) is 4.95. The summed E-state index contributed by atoms with van der Waals surface area (Å²) in [4.78, 5) is 11.2. The van der Waals surface area contributed by atoms with Crippen molar-refractivity contribution < 1.29 is 4.79 Å². The quantitative estimate of drug-likeness (QED) is 0.776. The third-order valence-corrected chi connectivity index (χ3v) is 3.15. The maximum Gasteiger partial charge on any atom is 0.224 e. The molecule has 1 amide bonds. The number of allylic oxidation sites excluding steroid dienone is 2. The smallest absolute Gasteiger partial charge is 0.224 e. The molecule has 0 heterocycles. The highest BCUT2D eigenvalue weighted by Crippen LogP contribution is 2.24. The van der Waals surface area contributed by atoms with Crippen LogP contribution >= 0.6 is 0 Å². The lowest BCUT2D eigenvalue weighted by molar-refractivity contribution is -0.115. The molecule has 1 atom stereocenters. The Morgan fingerprint density at radius 2 is 1.94 bits per heavy atom. The summed E-state index contributed by atoms with van der Waals surface area (Å²) in [5, 5.41) is 2.85. The van der Waals surface area contributed by atoms with Gasteiger partial charge in [0.25, 0.3) is 0 Å². The van der Waals surface area contributed by atoms with Crippen LogP contribution < -0.4 is 5.32 Å². The lowest BCUT2D eigenvalue weighted by Crippen LogP contribution is -2.09. The van der Waals surface area contributed by atoms with Crippen LogP contribution in [-0.2, 0) is 4.79 Å². The van der Waals surface area contributed by atoms with Crippen molar-refractivity contribution in [3.05, 3.63) is 41.5 Å². The fourth-order valence-corrected chi connectivity index (χ4v) is 1.62. The van der Waals surface area contributed by atoms with E-state index in [2.05, 4.69) is 44.3 Å². The number of amides is 1. The van der Waals surface area contributed by atoms with Gasteiger partial charge in [-0.05, 0) is 31.5 Å². The predicted molar refractivity (Wildman–Crippen MR) is 73.2 cm³/mol. The van der Waals surface area contributed by atoms with Gasteiger partial charge in [-0.25, -0.2) is 0 Å². The molecule has 17 heavy (non-hydrogen) atoms. The molecule has 1 N–H and O–H groups in total. The van der Waals surface area contributed by atoms with Crippen molar-refractivity contribution in [3.8, 4) is 0 Å². The van der Waals surface area contributed by atoms with Crippen molar-refractivity contribution in [3.63, 3.8) is 0 Å². The average molecular weight is 231 g/mol. The van der Waals surface area contributed by atoms with Crippen LogP contribution in [0.25, 0.3) is 0 Å². The van der Waals surface area contributed by atoms with Crippen LogP contribution in [-0.4, -0.2) is 5.91 Å². The monoisotopic (exact) mass is 231 g/mol. The number of carbonyl (C=O) groups excluding carboxylic acids is 1. The Labute approximate surface area is 104 Å². The van der Waals surface area contributed by atoms with Crippen LogP contribution in [0.5, 0.6) is 0 Å². The van der Waals surface area contributed by atoms with Gasteiger partial charge in [0.15, 0.2) is 0 Å². The lowest BCUT2D eigenvalue weighted by Gasteiger charge is -2.13. The van der Waals surface area contributed by atoms with Crippen molar-refractivity contribution in [2.24, 2.45) is 0 Å². The van der Waals surface area contributed by atoms with E-state index in [-0.39, 0.29) is 5.91 Å². The summed E-state index contributed by atoms with van der Waals surface area (Å²) in [6.45, 7) is 8.23. The zero-order valence-electron chi connectivity index (χ0n) is 11.1. The number of hydrogen-bond donors (Lipinski definition) is 1. The van der Waals surface area contributed by atoms with E-state index < -0.39 is 0 Å². The Hall–Kier alpha value is -1.57. The number of rotatable bonds is 4. The van der Waals surface area contributed by atoms with E-state index in [9.17, 15) is 4.79 Å². The minimum Gasteiger partial charge on any atom is -0.326 e. The molecule has 1 aromatic carbocycles. The molecule has 0 aliphatic carbocycles. The van der Waals surface area contributed by atoms with Crippen molar-refractivity contribution in [1.82, 2.24) is 0 Å². The van der Waals surface area contributed by atoms with E-state index in [0.29, 0.717) is 12.3 Å². The van der Waals surface area contributed by atoms with Gasteiger partial charge in [0.05, 0.1) is 0 Å². The van der Waals surface area contributed by atoms with E-state index in [4.69, 9.17) is 0 Å². The van der Waals surface area contributed by atoms with Crippen LogP contribution in [0.2, 0.25) is 0 Å². The molecule has 1 unspecified atom stereocenters. The van der Waals surface area contributed by atoms with Crippen LogP contribution in [0.1, 0.15) is 45.6 Å². The standard InChI is InChI=1S/C15H21NO/c1-5-11(3)12(4)13-7-9-14(10-8-13)16-15(17)6-2/h5,7-10,12H,6H2,1-4H3,(H,16,17). The maximum absolute atomic E-state index is 11.2. The third-order valence-electron chi connectivity index (χ3n) is 3.15. The van der Waals surface area contributed by atoms with Gasteiger partial charge in [-0.15, -0.1) is 0 Å². The fraction of sp³-hybridized carbons (Fsp3) is 0.400. The van der Waals surface area contributed by atoms with Crippen LogP contribution in [0.15, 0.2) is 35.9 Å². The molecule has 0 fully saturated rings. The molecular weight excluding hydrogens is 210 g/mol. The fourth-order valence-electron chi connectivity index (χ4n) is 1.62. The summed E-state index contributed by atoms with van der Waals surface area (Å²) in [5.41, 5.74) is 3.50. The molecule has 0 aromatic heterocycles. The lowest BCUT2D eigenvalue weighted by atomic mass is 9.94. The summed E-state index contributed by atoms with van der Waals surface area (Å²) in [5.74, 6) is 0.478. The Bertz CT molecular complexity index is 403. The van der Waals surface area contributed by atoms with Gasteiger partial charge in [0.2, 0.25) is 5.91 Å². The zero-order valence-corrected chi connectivity index (χ0v) is 11.1. The van der Waals surface area contributed by atoms with Gasteiger partial charge in [-0.1, -0.05) is 37.6 Å². The van der Waals surface area contributed by atoms with Crippen molar-refractivity contribution in [2.45, 2.75) is 40.0 Å². The first-order chi connectivity index (χ1) is 8.08. The number of nitrogens with one attached hydrogen (secondary N) is 1. The molecule has 0 aliphatic heterocycles. The molecule has 1 aromatic rings. The summed E-state index contributed by atoms with van der Waals surface area (Å²) in [6, 6.07) is 8.07. The topological polar surface area (TPSA) is 29.1 Å². The van der Waals surface area contributed by atoms with Crippen LogP contribution in [0, 0.1) is 0 Å². The molecule has 0 saturated carbocycles. The average Bonchev–Trinajstić information content (AvgIpc) is 2.37. The van der Waals surface area contributed by atoms with Crippen molar-refractivity contribution in [2.75, 3.05) is 5.32 Å². The van der Waals surface area contributed by atoms with E-state index in [0.717, 1.165) is 5.69 Å². The van der Waals surface area contributed by atoms with Gasteiger partial charge in [0.1, 0.15) is 0 Å². The number of benzene rings is 1. The van der Waals surface area contributed by atoms with E-state index in [1.54, 1.807) is 0 Å². The largest absolute Gasteiger partial charge is 0.326 e. The molecule has 2 heteroatoms.